The first-order valence-electron chi connectivity index (χ1n) is 8.53. The van der Waals surface area contributed by atoms with Crippen molar-refractivity contribution in [2.45, 2.75) is 45.1 Å². The van der Waals surface area contributed by atoms with Gasteiger partial charge in [0.1, 0.15) is 12.1 Å². The highest BCUT2D eigenvalue weighted by Gasteiger charge is 2.24. The van der Waals surface area contributed by atoms with Crippen molar-refractivity contribution < 1.29 is 9.53 Å². The summed E-state index contributed by atoms with van der Waals surface area (Å²) in [5.74, 6) is 0.688. The van der Waals surface area contributed by atoms with E-state index in [4.69, 9.17) is 4.74 Å². The molecule has 24 heavy (non-hydrogen) atoms. The van der Waals surface area contributed by atoms with Crippen LogP contribution in [0.2, 0.25) is 0 Å². The molecule has 7 heteroatoms. The first-order chi connectivity index (χ1) is 11.8. The predicted octanol–water partition coefficient (Wildman–Crippen LogP) is 2.22. The first-order valence-corrected chi connectivity index (χ1v) is 8.53. The van der Waals surface area contributed by atoms with Crippen LogP contribution in [0.4, 0.5) is 0 Å². The summed E-state index contributed by atoms with van der Waals surface area (Å²) in [7, 11) is 0. The molecule has 1 amide bonds. The fourth-order valence-corrected chi connectivity index (χ4v) is 3.25. The molecule has 0 saturated heterocycles. The highest BCUT2D eigenvalue weighted by Crippen LogP contribution is 2.23. The molecule has 0 N–H and O–H groups in total. The fourth-order valence-electron chi connectivity index (χ4n) is 3.25. The van der Waals surface area contributed by atoms with Gasteiger partial charge in [-0.3, -0.25) is 4.79 Å². The monoisotopic (exact) mass is 329 g/mol. The molecule has 1 fully saturated rings. The van der Waals surface area contributed by atoms with Gasteiger partial charge in [-0.05, 0) is 42.3 Å². The molecule has 1 saturated carbocycles. The number of rotatable bonds is 6. The molecule has 1 aromatic carbocycles. The van der Waals surface area contributed by atoms with Crippen molar-refractivity contribution in [1.29, 1.82) is 0 Å². The van der Waals surface area contributed by atoms with Crippen molar-refractivity contribution in [2.24, 2.45) is 0 Å². The molecule has 3 rings (SSSR count). The van der Waals surface area contributed by atoms with Crippen molar-refractivity contribution >= 4 is 5.91 Å². The number of benzene rings is 1. The molecule has 0 unspecified atom stereocenters. The summed E-state index contributed by atoms with van der Waals surface area (Å²) in [5.41, 5.74) is 0.796. The van der Waals surface area contributed by atoms with Gasteiger partial charge in [-0.25, -0.2) is 4.68 Å². The summed E-state index contributed by atoms with van der Waals surface area (Å²) in [4.78, 5) is 14.5. The zero-order valence-electron chi connectivity index (χ0n) is 14.0. The number of amides is 1. The van der Waals surface area contributed by atoms with E-state index in [0.29, 0.717) is 11.8 Å². The molecule has 1 aliphatic carbocycles. The molecule has 2 aromatic rings. The van der Waals surface area contributed by atoms with Crippen LogP contribution in [0.3, 0.4) is 0 Å². The maximum atomic E-state index is 12.5. The van der Waals surface area contributed by atoms with E-state index in [0.717, 1.165) is 25.1 Å². The van der Waals surface area contributed by atoms with Crippen LogP contribution in [0.25, 0.3) is 5.69 Å². The van der Waals surface area contributed by atoms with Gasteiger partial charge in [0.05, 0.1) is 5.69 Å². The molecule has 1 aliphatic rings. The Bertz CT molecular complexity index is 653. The number of ether oxygens (including phenoxy) is 1. The van der Waals surface area contributed by atoms with E-state index in [1.807, 2.05) is 36.1 Å². The van der Waals surface area contributed by atoms with Gasteiger partial charge in [-0.1, -0.05) is 25.3 Å². The summed E-state index contributed by atoms with van der Waals surface area (Å²) in [6.45, 7) is 2.83. The molecular formula is C17H23N5O2. The van der Waals surface area contributed by atoms with Gasteiger partial charge in [0.2, 0.25) is 0 Å². The lowest BCUT2D eigenvalue weighted by Crippen LogP contribution is -2.43. The first kappa shape index (κ1) is 16.4. The minimum Gasteiger partial charge on any atom is -0.484 e. The number of tetrazole rings is 1. The van der Waals surface area contributed by atoms with Crippen molar-refractivity contribution in [1.82, 2.24) is 25.1 Å². The second-order valence-corrected chi connectivity index (χ2v) is 6.01. The van der Waals surface area contributed by atoms with Crippen LogP contribution in [0.5, 0.6) is 5.75 Å². The van der Waals surface area contributed by atoms with Crippen LogP contribution < -0.4 is 4.74 Å². The summed E-state index contributed by atoms with van der Waals surface area (Å²) >= 11 is 0. The topological polar surface area (TPSA) is 73.1 Å². The zero-order valence-corrected chi connectivity index (χ0v) is 14.0. The molecular weight excluding hydrogens is 306 g/mol. The van der Waals surface area contributed by atoms with Gasteiger partial charge in [-0.15, -0.1) is 5.10 Å². The van der Waals surface area contributed by atoms with E-state index in [1.54, 1.807) is 4.68 Å². The molecule has 7 nitrogen and oxygen atoms in total. The molecule has 128 valence electrons. The maximum absolute atomic E-state index is 12.5. The van der Waals surface area contributed by atoms with Crippen molar-refractivity contribution in [3.05, 3.63) is 30.6 Å². The Balaban J connectivity index is 1.60. The second kappa shape index (κ2) is 7.90. The summed E-state index contributed by atoms with van der Waals surface area (Å²) in [5, 5.41) is 11.1. The Morgan fingerprint density at radius 3 is 2.88 bits per heavy atom. The zero-order chi connectivity index (χ0) is 16.8. The van der Waals surface area contributed by atoms with Gasteiger partial charge in [-0.2, -0.15) is 0 Å². The van der Waals surface area contributed by atoms with Crippen LogP contribution >= 0.6 is 0 Å². The fraction of sp³-hybridized carbons (Fsp3) is 0.529. The number of likely N-dealkylation sites (N-methyl/N-ethyl adjacent to an activating group) is 1. The highest BCUT2D eigenvalue weighted by molar-refractivity contribution is 5.78. The van der Waals surface area contributed by atoms with Gasteiger partial charge in [0.25, 0.3) is 5.91 Å². The number of hydrogen-bond donors (Lipinski definition) is 0. The van der Waals surface area contributed by atoms with Crippen molar-refractivity contribution in [3.63, 3.8) is 0 Å². The van der Waals surface area contributed by atoms with Crippen LogP contribution in [0.1, 0.15) is 39.0 Å². The molecule has 1 heterocycles. The van der Waals surface area contributed by atoms with Crippen molar-refractivity contribution in [2.75, 3.05) is 13.2 Å². The average molecular weight is 329 g/mol. The molecule has 0 bridgehead atoms. The smallest absolute Gasteiger partial charge is 0.260 e. The summed E-state index contributed by atoms with van der Waals surface area (Å²) < 4.78 is 7.26. The van der Waals surface area contributed by atoms with E-state index in [-0.39, 0.29) is 12.5 Å². The SMILES string of the molecule is CCN(C(=O)COc1cccc(-n2cnnn2)c1)C1CCCCC1. The summed E-state index contributed by atoms with van der Waals surface area (Å²) in [6.07, 6.45) is 7.43. The van der Waals surface area contributed by atoms with E-state index < -0.39 is 0 Å². The third-order valence-electron chi connectivity index (χ3n) is 4.47. The molecule has 1 aromatic heterocycles. The highest BCUT2D eigenvalue weighted by atomic mass is 16.5. The molecule has 0 atom stereocenters. The van der Waals surface area contributed by atoms with Crippen LogP contribution in [-0.4, -0.2) is 50.2 Å². The van der Waals surface area contributed by atoms with E-state index in [1.165, 1.54) is 25.6 Å². The quantitative estimate of drug-likeness (QED) is 0.812. The molecule has 0 aliphatic heterocycles. The Hall–Kier alpha value is -2.44. The minimum absolute atomic E-state index is 0.0530. The molecule has 0 radical (unpaired) electrons. The molecule has 0 spiro atoms. The van der Waals surface area contributed by atoms with Gasteiger partial charge >= 0.3 is 0 Å². The largest absolute Gasteiger partial charge is 0.484 e. The number of aromatic nitrogens is 4. The Morgan fingerprint density at radius 1 is 1.33 bits per heavy atom. The lowest BCUT2D eigenvalue weighted by atomic mass is 9.94. The Morgan fingerprint density at radius 2 is 2.17 bits per heavy atom. The Kier molecular flexibility index (Phi) is 5.40. The van der Waals surface area contributed by atoms with E-state index >= 15 is 0 Å². The number of carbonyl (C=O) groups is 1. The third kappa shape index (κ3) is 3.90. The summed E-state index contributed by atoms with van der Waals surface area (Å²) in [6, 6.07) is 7.76. The number of carbonyl (C=O) groups excluding carboxylic acids is 1. The predicted molar refractivity (Wildman–Crippen MR) is 88.9 cm³/mol. The average Bonchev–Trinajstić information content (AvgIpc) is 3.16. The van der Waals surface area contributed by atoms with Crippen molar-refractivity contribution in [3.8, 4) is 11.4 Å². The Labute approximate surface area is 141 Å². The van der Waals surface area contributed by atoms with Crippen LogP contribution in [-0.2, 0) is 4.79 Å². The minimum atomic E-state index is 0.0530. The van der Waals surface area contributed by atoms with Gasteiger partial charge < -0.3 is 9.64 Å². The van der Waals surface area contributed by atoms with E-state index in [2.05, 4.69) is 15.5 Å². The lowest BCUT2D eigenvalue weighted by molar-refractivity contribution is -0.136. The standard InChI is InChI=1S/C17H23N5O2/c1-2-21(14-7-4-3-5-8-14)17(23)12-24-16-10-6-9-15(11-16)22-13-18-19-20-22/h6,9-11,13-14H,2-5,7-8,12H2,1H3. The van der Waals surface area contributed by atoms with Gasteiger partial charge in [0, 0.05) is 18.7 Å². The van der Waals surface area contributed by atoms with Crippen LogP contribution in [0.15, 0.2) is 30.6 Å². The number of hydrogen-bond acceptors (Lipinski definition) is 5. The maximum Gasteiger partial charge on any atom is 0.260 e. The normalized spacial score (nSPS) is 15.2. The van der Waals surface area contributed by atoms with E-state index in [9.17, 15) is 4.79 Å². The second-order valence-electron chi connectivity index (χ2n) is 6.01. The lowest BCUT2D eigenvalue weighted by Gasteiger charge is -2.33. The number of nitrogens with zero attached hydrogens (tertiary/aromatic N) is 5. The third-order valence-corrected chi connectivity index (χ3v) is 4.47. The van der Waals surface area contributed by atoms with Crippen LogP contribution in [0, 0.1) is 0 Å². The van der Waals surface area contributed by atoms with Gasteiger partial charge in [0.15, 0.2) is 6.61 Å².